The Labute approximate surface area is 131 Å². The summed E-state index contributed by atoms with van der Waals surface area (Å²) in [5.41, 5.74) is 10.6. The van der Waals surface area contributed by atoms with Crippen molar-refractivity contribution in [1.29, 1.82) is 0 Å². The molecule has 1 aromatic heterocycles. The molecule has 0 radical (unpaired) electrons. The highest BCUT2D eigenvalue weighted by molar-refractivity contribution is 9.10. The van der Waals surface area contributed by atoms with Crippen LogP contribution >= 0.6 is 27.7 Å². The lowest BCUT2D eigenvalue weighted by Crippen LogP contribution is -2.38. The summed E-state index contributed by atoms with van der Waals surface area (Å²) in [6, 6.07) is 10.2. The van der Waals surface area contributed by atoms with Crippen LogP contribution in [0.3, 0.4) is 0 Å². The molecule has 0 saturated heterocycles. The van der Waals surface area contributed by atoms with Gasteiger partial charge in [-0.3, -0.25) is 16.3 Å². The number of thioether (sulfide) groups is 1. The zero-order chi connectivity index (χ0) is 14.4. The minimum Gasteiger partial charge on any atom is -0.398 e. The number of aromatic nitrogens is 1. The largest absolute Gasteiger partial charge is 0.398 e. The van der Waals surface area contributed by atoms with E-state index in [2.05, 4.69) is 38.5 Å². The number of benzene rings is 1. The van der Waals surface area contributed by atoms with Crippen LogP contribution in [0.15, 0.2) is 52.1 Å². The third-order valence-electron chi connectivity index (χ3n) is 2.91. The number of anilines is 1. The molecule has 4 nitrogen and oxygen atoms in total. The van der Waals surface area contributed by atoms with Gasteiger partial charge in [0.05, 0.1) is 0 Å². The van der Waals surface area contributed by atoms with E-state index >= 15 is 0 Å². The van der Waals surface area contributed by atoms with Gasteiger partial charge in [-0.2, -0.15) is 0 Å². The molecule has 1 heterocycles. The number of nitrogen functional groups attached to an aromatic ring is 1. The normalized spacial score (nSPS) is 12.3. The van der Waals surface area contributed by atoms with Crippen molar-refractivity contribution >= 4 is 33.4 Å². The first-order chi connectivity index (χ1) is 9.69. The second-order valence-corrected chi connectivity index (χ2v) is 6.42. The van der Waals surface area contributed by atoms with Gasteiger partial charge in [0.15, 0.2) is 0 Å². The van der Waals surface area contributed by atoms with Crippen molar-refractivity contribution in [3.05, 3.63) is 52.8 Å². The number of nitrogens with one attached hydrogen (secondary N) is 1. The third-order valence-corrected chi connectivity index (χ3v) is 4.61. The summed E-state index contributed by atoms with van der Waals surface area (Å²) in [7, 11) is 0. The van der Waals surface area contributed by atoms with Crippen LogP contribution in [0.2, 0.25) is 0 Å². The van der Waals surface area contributed by atoms with Crippen LogP contribution in [0, 0.1) is 0 Å². The van der Waals surface area contributed by atoms with Crippen LogP contribution in [-0.4, -0.2) is 16.8 Å². The number of hydrogen-bond acceptors (Lipinski definition) is 5. The van der Waals surface area contributed by atoms with E-state index in [0.717, 1.165) is 27.9 Å². The highest BCUT2D eigenvalue weighted by Gasteiger charge is 2.10. The Hall–Kier alpha value is -1.08. The molecule has 1 aromatic carbocycles. The number of hydrazine groups is 1. The fraction of sp³-hybridized carbons (Fsp3) is 0.214. The maximum Gasteiger partial charge on any atom is 0.0378 e. The van der Waals surface area contributed by atoms with Crippen LogP contribution in [0.25, 0.3) is 0 Å². The van der Waals surface area contributed by atoms with Crippen molar-refractivity contribution in [3.8, 4) is 0 Å². The fourth-order valence-electron chi connectivity index (χ4n) is 1.77. The molecule has 1 atom stereocenters. The van der Waals surface area contributed by atoms with Crippen LogP contribution in [0.5, 0.6) is 0 Å². The number of pyridine rings is 1. The summed E-state index contributed by atoms with van der Waals surface area (Å²) >= 11 is 5.19. The molecule has 0 bridgehead atoms. The van der Waals surface area contributed by atoms with Gasteiger partial charge in [0.1, 0.15) is 0 Å². The molecule has 0 spiro atoms. The molecule has 0 aliphatic rings. The molecule has 0 fully saturated rings. The van der Waals surface area contributed by atoms with Gasteiger partial charge in [0.25, 0.3) is 0 Å². The Balaban J connectivity index is 1.92. The van der Waals surface area contributed by atoms with Gasteiger partial charge in [0.2, 0.25) is 0 Å². The van der Waals surface area contributed by atoms with Gasteiger partial charge in [-0.1, -0.05) is 15.9 Å². The van der Waals surface area contributed by atoms with Crippen molar-refractivity contribution in [2.75, 3.05) is 11.5 Å². The molecule has 5 N–H and O–H groups in total. The fourth-order valence-corrected chi connectivity index (χ4v) is 2.97. The predicted molar refractivity (Wildman–Crippen MR) is 88.3 cm³/mol. The van der Waals surface area contributed by atoms with Crippen LogP contribution in [0.1, 0.15) is 5.56 Å². The lowest BCUT2D eigenvalue weighted by Gasteiger charge is -2.16. The van der Waals surface area contributed by atoms with Gasteiger partial charge < -0.3 is 5.73 Å². The summed E-state index contributed by atoms with van der Waals surface area (Å²) in [6.45, 7) is 0. The average Bonchev–Trinajstić information content (AvgIpc) is 2.47. The van der Waals surface area contributed by atoms with Gasteiger partial charge in [-0.25, -0.2) is 0 Å². The van der Waals surface area contributed by atoms with E-state index in [4.69, 9.17) is 11.6 Å². The smallest absolute Gasteiger partial charge is 0.0378 e. The topological polar surface area (TPSA) is 77.0 Å². The van der Waals surface area contributed by atoms with Gasteiger partial charge in [0, 0.05) is 39.2 Å². The molecule has 0 amide bonds. The van der Waals surface area contributed by atoms with Crippen LogP contribution in [0.4, 0.5) is 5.69 Å². The minimum atomic E-state index is 0.148. The molecule has 0 aliphatic heterocycles. The van der Waals surface area contributed by atoms with E-state index in [1.807, 2.05) is 18.2 Å². The summed E-state index contributed by atoms with van der Waals surface area (Å²) < 4.78 is 1.08. The zero-order valence-electron chi connectivity index (χ0n) is 10.9. The Kier molecular flexibility index (Phi) is 5.85. The maximum absolute atomic E-state index is 5.93. The molecule has 2 rings (SSSR count). The predicted octanol–water partition coefficient (Wildman–Crippen LogP) is 2.59. The second-order valence-electron chi connectivity index (χ2n) is 4.41. The minimum absolute atomic E-state index is 0.148. The number of rotatable bonds is 6. The second kappa shape index (κ2) is 7.64. The molecular weight excluding hydrogens is 336 g/mol. The van der Waals surface area contributed by atoms with Crippen molar-refractivity contribution < 1.29 is 0 Å². The van der Waals surface area contributed by atoms with Crippen molar-refractivity contribution in [3.63, 3.8) is 0 Å². The molecule has 106 valence electrons. The monoisotopic (exact) mass is 352 g/mol. The van der Waals surface area contributed by atoms with Crippen molar-refractivity contribution in [2.24, 2.45) is 5.84 Å². The van der Waals surface area contributed by atoms with Crippen molar-refractivity contribution in [1.82, 2.24) is 10.4 Å². The number of hydrogen-bond donors (Lipinski definition) is 3. The molecule has 6 heteroatoms. The number of halogens is 1. The SMILES string of the molecule is NNC(CSc1ccc(Br)cc1)Cc1cnccc1N. The molecule has 2 aromatic rings. The van der Waals surface area contributed by atoms with E-state index in [9.17, 15) is 0 Å². The Morgan fingerprint density at radius 1 is 1.25 bits per heavy atom. The van der Waals surface area contributed by atoms with Crippen LogP contribution in [-0.2, 0) is 6.42 Å². The highest BCUT2D eigenvalue weighted by Crippen LogP contribution is 2.22. The summed E-state index contributed by atoms with van der Waals surface area (Å²) in [5.74, 6) is 6.49. The van der Waals surface area contributed by atoms with E-state index in [0.29, 0.717) is 0 Å². The molecular formula is C14H17BrN4S. The Morgan fingerprint density at radius 3 is 2.65 bits per heavy atom. The summed E-state index contributed by atoms with van der Waals surface area (Å²) in [5, 5.41) is 0. The van der Waals surface area contributed by atoms with Crippen LogP contribution < -0.4 is 17.0 Å². The molecule has 0 saturated carbocycles. The summed E-state index contributed by atoms with van der Waals surface area (Å²) in [6.07, 6.45) is 4.25. The Bertz CT molecular complexity index is 547. The van der Waals surface area contributed by atoms with E-state index in [1.54, 1.807) is 24.2 Å². The highest BCUT2D eigenvalue weighted by atomic mass is 79.9. The zero-order valence-corrected chi connectivity index (χ0v) is 13.3. The quantitative estimate of drug-likeness (QED) is 0.423. The van der Waals surface area contributed by atoms with E-state index in [1.165, 1.54) is 4.90 Å². The van der Waals surface area contributed by atoms with Crippen molar-refractivity contribution in [2.45, 2.75) is 17.4 Å². The van der Waals surface area contributed by atoms with E-state index < -0.39 is 0 Å². The van der Waals surface area contributed by atoms with Gasteiger partial charge in [-0.15, -0.1) is 11.8 Å². The Morgan fingerprint density at radius 2 is 2.00 bits per heavy atom. The molecule has 0 aliphatic carbocycles. The summed E-state index contributed by atoms with van der Waals surface area (Å²) in [4.78, 5) is 5.32. The third kappa shape index (κ3) is 4.49. The molecule has 20 heavy (non-hydrogen) atoms. The first-order valence-corrected chi connectivity index (χ1v) is 7.99. The lowest BCUT2D eigenvalue weighted by molar-refractivity contribution is 0.575. The van der Waals surface area contributed by atoms with Gasteiger partial charge in [-0.05, 0) is 42.3 Å². The number of nitrogens with two attached hydrogens (primary N) is 2. The lowest BCUT2D eigenvalue weighted by atomic mass is 10.1. The van der Waals surface area contributed by atoms with Gasteiger partial charge >= 0.3 is 0 Å². The first kappa shape index (κ1) is 15.3. The van der Waals surface area contributed by atoms with E-state index in [-0.39, 0.29) is 6.04 Å². The first-order valence-electron chi connectivity index (χ1n) is 6.22. The standard InChI is InChI=1S/C14H17BrN4S/c15-11-1-3-13(4-2-11)20-9-12(19-17)7-10-8-18-6-5-14(10)16/h1-6,8,12,19H,7,9,17H2,(H2,16,18). The maximum atomic E-state index is 5.93. The number of nitrogens with zero attached hydrogens (tertiary/aromatic N) is 1. The molecule has 1 unspecified atom stereocenters. The average molecular weight is 353 g/mol.